The summed E-state index contributed by atoms with van der Waals surface area (Å²) in [5.74, 6) is 0.728. The molecule has 134 valence electrons. The second-order valence-electron chi connectivity index (χ2n) is 6.86. The highest BCUT2D eigenvalue weighted by Crippen LogP contribution is 2.23. The number of rotatable bonds is 3. The van der Waals surface area contributed by atoms with Crippen molar-refractivity contribution in [2.75, 3.05) is 32.4 Å². The fourth-order valence-electron chi connectivity index (χ4n) is 2.84. The lowest BCUT2D eigenvalue weighted by Crippen LogP contribution is -2.57. The molecule has 0 aliphatic carbocycles. The number of aryl methyl sites for hydroxylation is 1. The Labute approximate surface area is 144 Å². The Morgan fingerprint density at radius 2 is 2.17 bits per heavy atom. The third-order valence-corrected chi connectivity index (χ3v) is 6.97. The number of nitrogens with one attached hydrogen (secondary N) is 1. The van der Waals surface area contributed by atoms with Gasteiger partial charge in [0.15, 0.2) is 15.8 Å². The van der Waals surface area contributed by atoms with Gasteiger partial charge in [-0.2, -0.15) is 0 Å². The highest BCUT2D eigenvalue weighted by atomic mass is 32.2. The molecule has 2 rings (SSSR count). The summed E-state index contributed by atoms with van der Waals surface area (Å²) in [6, 6.07) is 7.74. The molecule has 0 radical (unpaired) electrons. The van der Waals surface area contributed by atoms with E-state index in [1.165, 1.54) is 0 Å². The maximum atomic E-state index is 12.1. The summed E-state index contributed by atoms with van der Waals surface area (Å²) in [4.78, 5) is 6.17. The third-order valence-electron chi connectivity index (χ3n) is 4.44. The first-order chi connectivity index (χ1) is 11.2. The fraction of sp³-hybridized carbons (Fsp3) is 0.588. The molecule has 0 amide bonds. The highest BCUT2D eigenvalue weighted by Gasteiger charge is 2.40. The first kappa shape index (κ1) is 18.7. The number of aliphatic hydroxyl groups is 1. The van der Waals surface area contributed by atoms with Crippen LogP contribution in [0.3, 0.4) is 0 Å². The van der Waals surface area contributed by atoms with Gasteiger partial charge >= 0.3 is 0 Å². The van der Waals surface area contributed by atoms with Crippen molar-refractivity contribution in [2.24, 2.45) is 4.99 Å². The molecule has 1 unspecified atom stereocenters. The Balaban J connectivity index is 2.01. The molecule has 1 aliphatic rings. The van der Waals surface area contributed by atoms with Gasteiger partial charge in [-0.25, -0.2) is 8.42 Å². The smallest absolute Gasteiger partial charge is 0.193 e. The first-order valence-electron chi connectivity index (χ1n) is 8.09. The van der Waals surface area contributed by atoms with Gasteiger partial charge in [0.2, 0.25) is 0 Å². The van der Waals surface area contributed by atoms with Crippen molar-refractivity contribution in [2.45, 2.75) is 31.6 Å². The number of sulfone groups is 1. The molecule has 2 N–H and O–H groups in total. The molecule has 7 heteroatoms. The summed E-state index contributed by atoms with van der Waals surface area (Å²) in [7, 11) is -1.42. The molecular weight excluding hydrogens is 326 g/mol. The van der Waals surface area contributed by atoms with Crippen LogP contribution >= 0.6 is 0 Å². The predicted molar refractivity (Wildman–Crippen MR) is 96.9 cm³/mol. The van der Waals surface area contributed by atoms with Crippen molar-refractivity contribution in [3.63, 3.8) is 0 Å². The summed E-state index contributed by atoms with van der Waals surface area (Å²) >= 11 is 0. The van der Waals surface area contributed by atoms with Crippen molar-refractivity contribution in [3.05, 3.63) is 35.4 Å². The summed E-state index contributed by atoms with van der Waals surface area (Å²) < 4.78 is 23.4. The average Bonchev–Trinajstić information content (AvgIpc) is 2.51. The summed E-state index contributed by atoms with van der Waals surface area (Å²) in [6.07, 6.45) is -0.650. The Hall–Kier alpha value is -1.60. The van der Waals surface area contributed by atoms with E-state index in [4.69, 9.17) is 0 Å². The van der Waals surface area contributed by atoms with Crippen LogP contribution in [0.5, 0.6) is 0 Å². The molecule has 0 saturated carbocycles. The minimum absolute atomic E-state index is 0.112. The molecule has 1 aromatic carbocycles. The second-order valence-corrected chi connectivity index (χ2v) is 9.60. The van der Waals surface area contributed by atoms with E-state index in [0.717, 1.165) is 11.1 Å². The lowest BCUT2D eigenvalue weighted by Gasteiger charge is -2.39. The van der Waals surface area contributed by atoms with Crippen LogP contribution in [0.2, 0.25) is 0 Å². The Morgan fingerprint density at radius 3 is 2.75 bits per heavy atom. The van der Waals surface area contributed by atoms with Gasteiger partial charge in [0.05, 0.1) is 16.6 Å². The van der Waals surface area contributed by atoms with Crippen molar-refractivity contribution in [1.29, 1.82) is 0 Å². The molecule has 24 heavy (non-hydrogen) atoms. The molecule has 6 nitrogen and oxygen atoms in total. The van der Waals surface area contributed by atoms with Crippen molar-refractivity contribution in [3.8, 4) is 0 Å². The standard InChI is InChI=1S/C17H27N3O3S/c1-13-6-5-7-14(10-13)15(21)11-19-16(18-4)20-8-9-24(22,23)17(2,3)12-20/h5-7,10,15,21H,8-9,11-12H2,1-4H3,(H,18,19). The number of nitrogens with zero attached hydrogens (tertiary/aromatic N) is 2. The van der Waals surface area contributed by atoms with Crippen LogP contribution in [-0.4, -0.2) is 61.6 Å². The average molecular weight is 353 g/mol. The quantitative estimate of drug-likeness (QED) is 0.628. The van der Waals surface area contributed by atoms with Crippen LogP contribution in [0.15, 0.2) is 29.3 Å². The number of hydrogen-bond donors (Lipinski definition) is 2. The summed E-state index contributed by atoms with van der Waals surface area (Å²) in [5.41, 5.74) is 1.94. The zero-order valence-corrected chi connectivity index (χ0v) is 15.6. The van der Waals surface area contributed by atoms with Gasteiger partial charge in [-0.05, 0) is 26.3 Å². The number of aliphatic imine (C=N–C) groups is 1. The highest BCUT2D eigenvalue weighted by molar-refractivity contribution is 7.92. The van der Waals surface area contributed by atoms with Crippen molar-refractivity contribution >= 4 is 15.8 Å². The Kier molecular flexibility index (Phi) is 5.55. The lowest BCUT2D eigenvalue weighted by molar-refractivity contribution is 0.179. The number of benzene rings is 1. The summed E-state index contributed by atoms with van der Waals surface area (Å²) in [6.45, 7) is 6.58. The lowest BCUT2D eigenvalue weighted by atomic mass is 10.1. The maximum Gasteiger partial charge on any atom is 0.193 e. The van der Waals surface area contributed by atoms with Crippen LogP contribution < -0.4 is 5.32 Å². The van der Waals surface area contributed by atoms with E-state index in [2.05, 4.69) is 10.3 Å². The summed E-state index contributed by atoms with van der Waals surface area (Å²) in [5, 5.41) is 13.5. The molecule has 0 aromatic heterocycles. The molecule has 1 saturated heterocycles. The maximum absolute atomic E-state index is 12.1. The fourth-order valence-corrected chi connectivity index (χ4v) is 4.21. The number of aliphatic hydroxyl groups excluding tert-OH is 1. The van der Waals surface area contributed by atoms with Crippen LogP contribution in [0, 0.1) is 6.92 Å². The number of guanidine groups is 1. The SMILES string of the molecule is CN=C(NCC(O)c1cccc(C)c1)N1CCS(=O)(=O)C(C)(C)C1. The van der Waals surface area contributed by atoms with E-state index >= 15 is 0 Å². The van der Waals surface area contributed by atoms with Crippen molar-refractivity contribution in [1.82, 2.24) is 10.2 Å². The van der Waals surface area contributed by atoms with Gasteiger partial charge in [0.1, 0.15) is 0 Å². The van der Waals surface area contributed by atoms with Gasteiger partial charge in [-0.1, -0.05) is 29.8 Å². The van der Waals surface area contributed by atoms with E-state index in [-0.39, 0.29) is 5.75 Å². The predicted octanol–water partition coefficient (Wildman–Crippen LogP) is 1.11. The molecule has 0 bridgehead atoms. The van der Waals surface area contributed by atoms with Crippen LogP contribution in [-0.2, 0) is 9.84 Å². The van der Waals surface area contributed by atoms with Crippen LogP contribution in [0.4, 0.5) is 0 Å². The zero-order valence-electron chi connectivity index (χ0n) is 14.8. The van der Waals surface area contributed by atoms with E-state index in [0.29, 0.717) is 25.6 Å². The van der Waals surface area contributed by atoms with E-state index < -0.39 is 20.7 Å². The molecular formula is C17H27N3O3S. The van der Waals surface area contributed by atoms with Crippen LogP contribution in [0.25, 0.3) is 0 Å². The zero-order chi connectivity index (χ0) is 18.0. The largest absolute Gasteiger partial charge is 0.387 e. The van der Waals surface area contributed by atoms with Crippen LogP contribution in [0.1, 0.15) is 31.1 Å². The third kappa shape index (κ3) is 4.08. The minimum atomic E-state index is -3.09. The molecule has 1 heterocycles. The molecule has 1 aromatic rings. The minimum Gasteiger partial charge on any atom is -0.387 e. The van der Waals surface area contributed by atoms with Gasteiger partial charge < -0.3 is 15.3 Å². The van der Waals surface area contributed by atoms with Gasteiger partial charge in [-0.15, -0.1) is 0 Å². The van der Waals surface area contributed by atoms with E-state index in [1.54, 1.807) is 20.9 Å². The van der Waals surface area contributed by atoms with Gasteiger partial charge in [0, 0.05) is 26.7 Å². The first-order valence-corrected chi connectivity index (χ1v) is 9.74. The molecule has 1 atom stereocenters. The number of hydrogen-bond acceptors (Lipinski definition) is 4. The normalized spacial score (nSPS) is 21.4. The topological polar surface area (TPSA) is 82.0 Å². The van der Waals surface area contributed by atoms with Gasteiger partial charge in [-0.3, -0.25) is 4.99 Å². The van der Waals surface area contributed by atoms with E-state index in [9.17, 15) is 13.5 Å². The molecule has 1 fully saturated rings. The molecule has 1 aliphatic heterocycles. The molecule has 0 spiro atoms. The van der Waals surface area contributed by atoms with Gasteiger partial charge in [0.25, 0.3) is 0 Å². The second kappa shape index (κ2) is 7.11. The Morgan fingerprint density at radius 1 is 1.46 bits per heavy atom. The Bertz CT molecular complexity index is 714. The van der Waals surface area contributed by atoms with E-state index in [1.807, 2.05) is 36.1 Å². The van der Waals surface area contributed by atoms with Crippen molar-refractivity contribution < 1.29 is 13.5 Å². The monoisotopic (exact) mass is 353 g/mol.